The highest BCUT2D eigenvalue weighted by Crippen LogP contribution is 2.41. The van der Waals surface area contributed by atoms with Crippen molar-refractivity contribution in [3.63, 3.8) is 0 Å². The third-order valence-electron chi connectivity index (χ3n) is 13.5. The normalized spacial score (nSPS) is 12.1. The van der Waals surface area contributed by atoms with Crippen LogP contribution < -0.4 is 20.7 Å². The molecule has 0 N–H and O–H groups in total. The molecule has 0 amide bonds. The molecule has 0 aliphatic carbocycles. The zero-order chi connectivity index (χ0) is 42.2. The van der Waals surface area contributed by atoms with E-state index in [1.165, 1.54) is 58.8 Å². The van der Waals surface area contributed by atoms with Crippen molar-refractivity contribution in [1.82, 2.24) is 9.13 Å². The second kappa shape index (κ2) is 14.5. The van der Waals surface area contributed by atoms with Crippen molar-refractivity contribution in [3.05, 3.63) is 243 Å². The van der Waals surface area contributed by atoms with Crippen LogP contribution >= 0.6 is 0 Å². The molecule has 0 saturated heterocycles. The van der Waals surface area contributed by atoms with Crippen LogP contribution in [0, 0.1) is 0 Å². The highest BCUT2D eigenvalue weighted by molar-refractivity contribution is 7.20. The number of hydrogen-bond donors (Lipinski definition) is 0. The molecule has 0 unspecified atom stereocenters. The Labute approximate surface area is 371 Å². The molecule has 0 saturated carbocycles. The first-order valence-electron chi connectivity index (χ1n) is 22.0. The van der Waals surface area contributed by atoms with E-state index in [0.717, 1.165) is 50.0 Å². The van der Waals surface area contributed by atoms with Crippen molar-refractivity contribution in [2.24, 2.45) is 0 Å². The van der Waals surface area contributed by atoms with Crippen LogP contribution in [0.1, 0.15) is 0 Å². The summed E-state index contributed by atoms with van der Waals surface area (Å²) in [5.74, 6) is 0. The van der Waals surface area contributed by atoms with Crippen molar-refractivity contribution < 1.29 is 4.42 Å². The second-order valence-corrected chi connectivity index (χ2v) is 20.6. The number of furan rings is 1. The lowest BCUT2D eigenvalue weighted by Crippen LogP contribution is -2.74. The molecule has 3 nitrogen and oxygen atoms in total. The van der Waals surface area contributed by atoms with Crippen LogP contribution in [0.15, 0.2) is 247 Å². The molecule has 13 aromatic rings. The predicted octanol–water partition coefficient (Wildman–Crippen LogP) is 12.8. The maximum absolute atomic E-state index is 6.63. The van der Waals surface area contributed by atoms with E-state index in [1.807, 2.05) is 6.07 Å². The van der Waals surface area contributed by atoms with Crippen molar-refractivity contribution in [2.75, 3.05) is 0 Å². The number of rotatable bonds is 7. The summed E-state index contributed by atoms with van der Waals surface area (Å²) in [6.45, 7) is 0. The molecule has 3 aromatic heterocycles. The standard InChI is InChI=1S/C60H40N2OSi/c1-5-18-42(19-6-1)61-55-30-15-13-26-49(55)53-39-43(33-36-57(53)61)62-56-35-32-41(48-28-17-29-51-50-27-14-16-31-59(50)63-60(48)51)38-52(56)54-40-47(34-37-58(54)62)64(44-20-7-2-8-21-44,45-22-9-3-10-23-45)46-24-11-4-12-25-46/h1-40H. The minimum absolute atomic E-state index is 0.903. The van der Waals surface area contributed by atoms with Crippen molar-refractivity contribution in [1.29, 1.82) is 0 Å². The lowest BCUT2D eigenvalue weighted by molar-refractivity contribution is 0.670. The SMILES string of the molecule is c1ccc(-n2c3ccccc3c3cc(-n4c5ccc(-c6cccc7c6oc6ccccc67)cc5c5cc([Si](c6ccccc6)(c6ccccc6)c6ccccc6)ccc54)ccc32)cc1. The molecule has 0 bridgehead atoms. The summed E-state index contributed by atoms with van der Waals surface area (Å²) in [5.41, 5.74) is 11.0. The van der Waals surface area contributed by atoms with Crippen LogP contribution in [0.3, 0.4) is 0 Å². The van der Waals surface area contributed by atoms with Gasteiger partial charge < -0.3 is 13.6 Å². The quantitative estimate of drug-likeness (QED) is 0.116. The average molecular weight is 833 g/mol. The second-order valence-electron chi connectivity index (χ2n) is 16.8. The molecule has 4 heteroatoms. The van der Waals surface area contributed by atoms with E-state index < -0.39 is 8.07 Å². The first-order valence-corrected chi connectivity index (χ1v) is 24.0. The van der Waals surface area contributed by atoms with E-state index in [2.05, 4.69) is 246 Å². The molecule has 300 valence electrons. The number of hydrogen-bond acceptors (Lipinski definition) is 1. The summed E-state index contributed by atoms with van der Waals surface area (Å²) in [5, 5.41) is 12.5. The van der Waals surface area contributed by atoms with Gasteiger partial charge in [-0.1, -0.05) is 182 Å². The van der Waals surface area contributed by atoms with E-state index in [9.17, 15) is 0 Å². The van der Waals surface area contributed by atoms with Crippen molar-refractivity contribution >= 4 is 94.4 Å². The van der Waals surface area contributed by atoms with Crippen LogP contribution in [0.2, 0.25) is 0 Å². The number of aromatic nitrogens is 2. The highest BCUT2D eigenvalue weighted by Gasteiger charge is 2.41. The zero-order valence-corrected chi connectivity index (χ0v) is 35.9. The lowest BCUT2D eigenvalue weighted by atomic mass is 10.0. The Morgan fingerprint density at radius 1 is 0.297 bits per heavy atom. The first kappa shape index (κ1) is 36.5. The molecule has 13 rings (SSSR count). The number of nitrogens with zero attached hydrogens (tertiary/aromatic N) is 2. The van der Waals surface area contributed by atoms with Gasteiger partial charge in [-0.05, 0) is 87.0 Å². The maximum Gasteiger partial charge on any atom is 0.179 e. The van der Waals surface area contributed by atoms with E-state index >= 15 is 0 Å². The van der Waals surface area contributed by atoms with Crippen LogP contribution in [0.4, 0.5) is 0 Å². The molecule has 0 aliphatic rings. The van der Waals surface area contributed by atoms with Crippen molar-refractivity contribution in [2.45, 2.75) is 0 Å². The summed E-state index contributed by atoms with van der Waals surface area (Å²) in [7, 11) is -2.83. The fourth-order valence-corrected chi connectivity index (χ4v) is 15.5. The average Bonchev–Trinajstić information content (AvgIpc) is 4.03. The van der Waals surface area contributed by atoms with Gasteiger partial charge in [0.2, 0.25) is 0 Å². The molecule has 0 aliphatic heterocycles. The van der Waals surface area contributed by atoms with Crippen LogP contribution in [-0.4, -0.2) is 17.2 Å². The van der Waals surface area contributed by atoms with E-state index in [1.54, 1.807) is 0 Å². The zero-order valence-electron chi connectivity index (χ0n) is 34.9. The smallest absolute Gasteiger partial charge is 0.179 e. The minimum Gasteiger partial charge on any atom is -0.455 e. The molecule has 0 radical (unpaired) electrons. The van der Waals surface area contributed by atoms with Gasteiger partial charge in [0.25, 0.3) is 0 Å². The molecule has 0 atom stereocenters. The Morgan fingerprint density at radius 3 is 1.48 bits per heavy atom. The van der Waals surface area contributed by atoms with Gasteiger partial charge in [-0.15, -0.1) is 0 Å². The van der Waals surface area contributed by atoms with Gasteiger partial charge in [0.05, 0.1) is 22.1 Å². The molecule has 0 spiro atoms. The Balaban J connectivity index is 1.12. The third kappa shape index (κ3) is 5.39. The fraction of sp³-hybridized carbons (Fsp3) is 0. The van der Waals surface area contributed by atoms with Gasteiger partial charge in [0.15, 0.2) is 8.07 Å². The maximum atomic E-state index is 6.63. The Morgan fingerprint density at radius 2 is 0.797 bits per heavy atom. The van der Waals surface area contributed by atoms with Gasteiger partial charge in [-0.2, -0.15) is 0 Å². The summed E-state index contributed by atoms with van der Waals surface area (Å²) in [6.07, 6.45) is 0. The molecule has 10 aromatic carbocycles. The van der Waals surface area contributed by atoms with Crippen LogP contribution in [-0.2, 0) is 0 Å². The molecule has 3 heterocycles. The Bertz CT molecular complexity index is 3790. The van der Waals surface area contributed by atoms with E-state index in [4.69, 9.17) is 4.42 Å². The fourth-order valence-electron chi connectivity index (χ4n) is 10.7. The van der Waals surface area contributed by atoms with Gasteiger partial charge >= 0.3 is 0 Å². The Hall–Kier alpha value is -8.18. The monoisotopic (exact) mass is 832 g/mol. The summed E-state index contributed by atoms with van der Waals surface area (Å²) in [6, 6.07) is 89.3. The Kier molecular flexibility index (Phi) is 8.23. The predicted molar refractivity (Wildman–Crippen MR) is 271 cm³/mol. The number of benzene rings is 10. The summed E-state index contributed by atoms with van der Waals surface area (Å²) >= 11 is 0. The number of fused-ring (bicyclic) bond motifs is 9. The number of para-hydroxylation sites is 4. The topological polar surface area (TPSA) is 23.0 Å². The van der Waals surface area contributed by atoms with Crippen LogP contribution in [0.5, 0.6) is 0 Å². The molecule has 64 heavy (non-hydrogen) atoms. The third-order valence-corrected chi connectivity index (χ3v) is 18.2. The summed E-state index contributed by atoms with van der Waals surface area (Å²) < 4.78 is 11.5. The lowest BCUT2D eigenvalue weighted by Gasteiger charge is -2.34. The molecular weight excluding hydrogens is 793 g/mol. The van der Waals surface area contributed by atoms with Crippen molar-refractivity contribution in [3.8, 4) is 22.5 Å². The first-order chi connectivity index (χ1) is 31.8. The van der Waals surface area contributed by atoms with Gasteiger partial charge in [-0.3, -0.25) is 0 Å². The summed E-state index contributed by atoms with van der Waals surface area (Å²) in [4.78, 5) is 0. The molecule has 0 fully saturated rings. The minimum atomic E-state index is -2.83. The molecular formula is C60H40N2OSi. The van der Waals surface area contributed by atoms with Gasteiger partial charge in [0, 0.05) is 49.3 Å². The van der Waals surface area contributed by atoms with E-state index in [0.29, 0.717) is 0 Å². The van der Waals surface area contributed by atoms with Crippen LogP contribution in [0.25, 0.3) is 88.1 Å². The largest absolute Gasteiger partial charge is 0.455 e. The van der Waals surface area contributed by atoms with Gasteiger partial charge in [-0.25, -0.2) is 0 Å². The highest BCUT2D eigenvalue weighted by atomic mass is 28.3. The van der Waals surface area contributed by atoms with E-state index in [-0.39, 0.29) is 0 Å². The van der Waals surface area contributed by atoms with Gasteiger partial charge in [0.1, 0.15) is 11.2 Å².